The summed E-state index contributed by atoms with van der Waals surface area (Å²) in [6.45, 7) is 2.24. The van der Waals surface area contributed by atoms with Crippen molar-refractivity contribution >= 4 is 18.9 Å². The van der Waals surface area contributed by atoms with Crippen LogP contribution < -0.4 is 0 Å². The van der Waals surface area contributed by atoms with Gasteiger partial charge in [0.05, 0.1) is 0 Å². The molecule has 0 fully saturated rings. The Bertz CT molecular complexity index is 434. The summed E-state index contributed by atoms with van der Waals surface area (Å²) in [5, 5.41) is 0. The number of aryl methyl sites for hydroxylation is 1. The fraction of sp³-hybridized carbons (Fsp3) is 0.250. The molecule has 2 aromatic rings. The summed E-state index contributed by atoms with van der Waals surface area (Å²) in [5.74, 6) is 0. The summed E-state index contributed by atoms with van der Waals surface area (Å²) in [4.78, 5) is 0. The Kier molecular flexibility index (Phi) is 6.12. The van der Waals surface area contributed by atoms with Gasteiger partial charge in [-0.3, -0.25) is 0 Å². The maximum Gasteiger partial charge on any atom is 0 e. The molecule has 0 saturated heterocycles. The Labute approximate surface area is 116 Å². The number of unbranched alkanes of at least 4 members (excludes halogenated alkanes) is 1. The minimum atomic E-state index is 0. The fourth-order valence-corrected chi connectivity index (χ4v) is 2.00. The van der Waals surface area contributed by atoms with Crippen molar-refractivity contribution in [1.82, 2.24) is 0 Å². The summed E-state index contributed by atoms with van der Waals surface area (Å²) < 4.78 is 0. The molecule has 0 atom stereocenters. The summed E-state index contributed by atoms with van der Waals surface area (Å²) >= 11 is 0. The van der Waals surface area contributed by atoms with E-state index < -0.39 is 0 Å². The van der Waals surface area contributed by atoms with Gasteiger partial charge in [-0.25, -0.2) is 0 Å². The van der Waals surface area contributed by atoms with Crippen molar-refractivity contribution in [3.05, 3.63) is 60.2 Å². The third-order valence-corrected chi connectivity index (χ3v) is 2.90. The maximum absolute atomic E-state index is 2.25. The van der Waals surface area contributed by atoms with E-state index in [0.717, 1.165) is 0 Å². The molecule has 17 heavy (non-hydrogen) atoms. The quantitative estimate of drug-likeness (QED) is 0.669. The Hall–Kier alpha value is -0.963. The third-order valence-electron chi connectivity index (χ3n) is 2.90. The second-order valence-electron chi connectivity index (χ2n) is 4.13. The molecule has 1 radical (unpaired) electrons. The van der Waals surface area contributed by atoms with Gasteiger partial charge < -0.3 is 0 Å². The van der Waals surface area contributed by atoms with Gasteiger partial charge in [-0.1, -0.05) is 67.9 Å². The minimum absolute atomic E-state index is 0. The first-order valence-electron chi connectivity index (χ1n) is 6.05. The van der Waals surface area contributed by atoms with Crippen LogP contribution in [0.3, 0.4) is 0 Å². The first-order chi connectivity index (χ1) is 7.92. The zero-order valence-corrected chi connectivity index (χ0v) is 10.8. The van der Waals surface area contributed by atoms with Crippen molar-refractivity contribution in [2.24, 2.45) is 0 Å². The Balaban J connectivity index is 0.00000144. The number of hydrogen-bond acceptors (Lipinski definition) is 0. The van der Waals surface area contributed by atoms with Crippen LogP contribution in [0.5, 0.6) is 0 Å². The Morgan fingerprint density at radius 1 is 0.824 bits per heavy atom. The van der Waals surface area contributed by atoms with Gasteiger partial charge >= 0.3 is 0 Å². The first-order valence-corrected chi connectivity index (χ1v) is 6.05. The molecule has 0 bridgehead atoms. The summed E-state index contributed by atoms with van der Waals surface area (Å²) in [5.41, 5.74) is 4.18. The van der Waals surface area contributed by atoms with E-state index in [0.29, 0.717) is 0 Å². The molecular weight excluding hydrogens is 199 g/mol. The van der Waals surface area contributed by atoms with E-state index in [9.17, 15) is 0 Å². The molecule has 2 rings (SSSR count). The van der Waals surface area contributed by atoms with Crippen molar-refractivity contribution in [2.45, 2.75) is 26.2 Å². The van der Waals surface area contributed by atoms with Crippen molar-refractivity contribution < 1.29 is 0 Å². The van der Waals surface area contributed by atoms with Crippen LogP contribution in [0, 0.1) is 0 Å². The zero-order chi connectivity index (χ0) is 11.2. The van der Waals surface area contributed by atoms with Crippen molar-refractivity contribution in [3.63, 3.8) is 0 Å². The summed E-state index contributed by atoms with van der Waals surface area (Å²) in [6, 6.07) is 19.4. The predicted octanol–water partition coefficient (Wildman–Crippen LogP) is 4.32. The molecule has 0 aliphatic rings. The predicted molar refractivity (Wildman–Crippen MR) is 76.2 cm³/mol. The molecule has 0 unspecified atom stereocenters. The van der Waals surface area contributed by atoms with E-state index in [1.54, 1.807) is 0 Å². The summed E-state index contributed by atoms with van der Waals surface area (Å²) in [7, 11) is 0. The van der Waals surface area contributed by atoms with Crippen LogP contribution in [-0.2, 0) is 6.42 Å². The van der Waals surface area contributed by atoms with E-state index in [1.165, 1.54) is 36.0 Å². The molecular formula is C16H18Li. The van der Waals surface area contributed by atoms with Crippen LogP contribution in [0.2, 0.25) is 0 Å². The zero-order valence-electron chi connectivity index (χ0n) is 10.8. The maximum atomic E-state index is 2.25. The number of benzene rings is 2. The average molecular weight is 217 g/mol. The number of rotatable bonds is 4. The molecule has 0 nitrogen and oxygen atoms in total. The van der Waals surface area contributed by atoms with Gasteiger partial charge in [-0.05, 0) is 29.5 Å². The molecule has 0 spiro atoms. The molecule has 0 N–H and O–H groups in total. The van der Waals surface area contributed by atoms with Crippen LogP contribution in [0.1, 0.15) is 25.3 Å². The van der Waals surface area contributed by atoms with Gasteiger partial charge in [-0.15, -0.1) is 0 Å². The van der Waals surface area contributed by atoms with Crippen LogP contribution in [0.15, 0.2) is 54.6 Å². The smallest absolute Gasteiger partial charge is 0 e. The number of hydrogen-bond donors (Lipinski definition) is 0. The van der Waals surface area contributed by atoms with Gasteiger partial charge in [0.2, 0.25) is 0 Å². The van der Waals surface area contributed by atoms with Crippen LogP contribution in [0.25, 0.3) is 11.1 Å². The molecule has 0 heterocycles. The third kappa shape index (κ3) is 3.77. The van der Waals surface area contributed by atoms with Gasteiger partial charge in [0.15, 0.2) is 0 Å². The molecule has 83 valence electrons. The van der Waals surface area contributed by atoms with Crippen LogP contribution in [0.4, 0.5) is 0 Å². The topological polar surface area (TPSA) is 0 Å². The van der Waals surface area contributed by atoms with Crippen molar-refractivity contribution in [1.29, 1.82) is 0 Å². The largest absolute Gasteiger partial charge is 0.0654 e. The van der Waals surface area contributed by atoms with Crippen LogP contribution in [-0.4, -0.2) is 18.9 Å². The normalized spacial score (nSPS) is 9.71. The molecule has 0 amide bonds. The summed E-state index contributed by atoms with van der Waals surface area (Å²) in [6.07, 6.45) is 3.70. The fourth-order valence-electron chi connectivity index (χ4n) is 2.00. The SMILES string of the molecule is CCCCc1ccccc1-c1ccccc1.[Li]. The monoisotopic (exact) mass is 217 g/mol. The molecule has 0 aliphatic carbocycles. The average Bonchev–Trinajstić information content (AvgIpc) is 2.38. The standard InChI is InChI=1S/C16H18.Li/c1-2-3-9-14-12-7-8-13-16(14)15-10-5-4-6-11-15;/h4-8,10-13H,2-3,9H2,1H3;. The van der Waals surface area contributed by atoms with E-state index >= 15 is 0 Å². The first kappa shape index (κ1) is 14.1. The second-order valence-corrected chi connectivity index (χ2v) is 4.13. The second kappa shape index (κ2) is 7.38. The minimum Gasteiger partial charge on any atom is -0.0654 e. The molecule has 0 aliphatic heterocycles. The molecule has 0 saturated carbocycles. The Morgan fingerprint density at radius 3 is 2.18 bits per heavy atom. The van der Waals surface area contributed by atoms with Gasteiger partial charge in [0.1, 0.15) is 0 Å². The van der Waals surface area contributed by atoms with E-state index in [2.05, 4.69) is 61.5 Å². The van der Waals surface area contributed by atoms with E-state index in [4.69, 9.17) is 0 Å². The van der Waals surface area contributed by atoms with E-state index in [-0.39, 0.29) is 18.9 Å². The van der Waals surface area contributed by atoms with Crippen molar-refractivity contribution in [2.75, 3.05) is 0 Å². The molecule has 0 aromatic heterocycles. The Morgan fingerprint density at radius 2 is 1.47 bits per heavy atom. The van der Waals surface area contributed by atoms with Crippen LogP contribution >= 0.6 is 0 Å². The van der Waals surface area contributed by atoms with Gasteiger partial charge in [0, 0.05) is 18.9 Å². The van der Waals surface area contributed by atoms with E-state index in [1.807, 2.05) is 0 Å². The molecule has 2 aromatic carbocycles. The van der Waals surface area contributed by atoms with Gasteiger partial charge in [0.25, 0.3) is 0 Å². The van der Waals surface area contributed by atoms with Crippen molar-refractivity contribution in [3.8, 4) is 11.1 Å². The van der Waals surface area contributed by atoms with Gasteiger partial charge in [-0.2, -0.15) is 0 Å². The molecule has 1 heteroatoms.